The molecule has 33 heavy (non-hydrogen) atoms. The van der Waals surface area contributed by atoms with E-state index in [1.54, 1.807) is 18.5 Å². The Morgan fingerprint density at radius 2 is 2.06 bits per heavy atom. The van der Waals surface area contributed by atoms with Crippen LogP contribution in [-0.4, -0.2) is 57.5 Å². The number of fused-ring (bicyclic) bond motifs is 1. The highest BCUT2D eigenvalue weighted by atomic mass is 32.2. The summed E-state index contributed by atoms with van der Waals surface area (Å²) in [7, 11) is 0. The highest BCUT2D eigenvalue weighted by Crippen LogP contribution is 2.34. The molecular weight excluding hydrogens is 432 g/mol. The predicted molar refractivity (Wildman–Crippen MR) is 139 cm³/mol. The Bertz CT molecular complexity index is 1070. The van der Waals surface area contributed by atoms with E-state index in [1.807, 2.05) is 18.3 Å². The van der Waals surface area contributed by atoms with E-state index >= 15 is 0 Å². The van der Waals surface area contributed by atoms with Gasteiger partial charge >= 0.3 is 0 Å². The number of rotatable bonds is 9. The van der Waals surface area contributed by atoms with Gasteiger partial charge < -0.3 is 16.4 Å². The van der Waals surface area contributed by atoms with Crippen LogP contribution in [0.1, 0.15) is 44.1 Å². The molecule has 4 rings (SSSR count). The SMILES string of the molecule is N=C(CC1CC1)SC(N)=Nc1ccc2ncc(C(C=NCCCN3CCCC3)=CN)cc2n1. The van der Waals surface area contributed by atoms with Crippen LogP contribution in [0.2, 0.25) is 0 Å². The number of nitrogens with zero attached hydrogens (tertiary/aromatic N) is 5. The Morgan fingerprint density at radius 3 is 2.82 bits per heavy atom. The van der Waals surface area contributed by atoms with Gasteiger partial charge in [-0.1, -0.05) is 0 Å². The molecule has 9 heteroatoms. The Labute approximate surface area is 199 Å². The van der Waals surface area contributed by atoms with E-state index < -0.39 is 0 Å². The van der Waals surface area contributed by atoms with Crippen molar-refractivity contribution in [2.24, 2.45) is 27.4 Å². The number of aromatic nitrogens is 2. The molecule has 174 valence electrons. The molecule has 2 aromatic rings. The number of pyridine rings is 2. The quantitative estimate of drug-likeness (QED) is 0.293. The van der Waals surface area contributed by atoms with Gasteiger partial charge in [-0.25, -0.2) is 9.98 Å². The molecule has 5 N–H and O–H groups in total. The van der Waals surface area contributed by atoms with Gasteiger partial charge in [-0.05, 0) is 94.0 Å². The number of hydrogen-bond donors (Lipinski definition) is 3. The zero-order valence-electron chi connectivity index (χ0n) is 18.9. The Balaban J connectivity index is 1.39. The highest BCUT2D eigenvalue weighted by molar-refractivity contribution is 8.26. The van der Waals surface area contributed by atoms with E-state index in [0.29, 0.717) is 27.5 Å². The van der Waals surface area contributed by atoms with Crippen LogP contribution in [0.5, 0.6) is 0 Å². The van der Waals surface area contributed by atoms with Gasteiger partial charge in [0.1, 0.15) is 0 Å². The molecule has 0 radical (unpaired) electrons. The van der Waals surface area contributed by atoms with Crippen LogP contribution in [-0.2, 0) is 0 Å². The van der Waals surface area contributed by atoms with Crippen LogP contribution in [0.3, 0.4) is 0 Å². The van der Waals surface area contributed by atoms with Crippen molar-refractivity contribution in [1.82, 2.24) is 14.9 Å². The number of allylic oxidation sites excluding steroid dienone is 1. The first-order chi connectivity index (χ1) is 16.1. The number of nitrogens with one attached hydrogen (secondary N) is 1. The van der Waals surface area contributed by atoms with E-state index in [9.17, 15) is 0 Å². The maximum atomic E-state index is 8.05. The molecule has 0 unspecified atom stereocenters. The van der Waals surface area contributed by atoms with Gasteiger partial charge in [-0.2, -0.15) is 0 Å². The van der Waals surface area contributed by atoms with Gasteiger partial charge in [-0.15, -0.1) is 0 Å². The number of hydrogen-bond acceptors (Lipinski definition) is 8. The van der Waals surface area contributed by atoms with Gasteiger partial charge in [0.25, 0.3) is 0 Å². The summed E-state index contributed by atoms with van der Waals surface area (Å²) in [6.45, 7) is 4.31. The average molecular weight is 465 g/mol. The van der Waals surface area contributed by atoms with Crippen molar-refractivity contribution in [2.75, 3.05) is 26.2 Å². The largest absolute Gasteiger partial charge is 0.404 e. The topological polar surface area (TPSA) is 130 Å². The molecule has 1 saturated heterocycles. The molecule has 1 saturated carbocycles. The number of nitrogens with two attached hydrogens (primary N) is 2. The lowest BCUT2D eigenvalue weighted by molar-refractivity contribution is 0.336. The minimum atomic E-state index is 0.334. The zero-order valence-corrected chi connectivity index (χ0v) is 19.7. The molecule has 2 aromatic heterocycles. The zero-order chi connectivity index (χ0) is 23.0. The molecule has 0 bridgehead atoms. The van der Waals surface area contributed by atoms with Crippen molar-refractivity contribution in [1.29, 1.82) is 5.41 Å². The number of likely N-dealkylation sites (tertiary alicyclic amines) is 1. The summed E-state index contributed by atoms with van der Waals surface area (Å²) < 4.78 is 0. The summed E-state index contributed by atoms with van der Waals surface area (Å²) in [5, 5.41) is 8.94. The molecule has 8 nitrogen and oxygen atoms in total. The van der Waals surface area contributed by atoms with Gasteiger partial charge in [0.05, 0.1) is 16.1 Å². The first-order valence-electron chi connectivity index (χ1n) is 11.6. The monoisotopic (exact) mass is 464 g/mol. The number of aliphatic imine (C=N–C) groups is 2. The van der Waals surface area contributed by atoms with Crippen molar-refractivity contribution in [3.05, 3.63) is 36.2 Å². The molecule has 2 aliphatic rings. The lowest BCUT2D eigenvalue weighted by Gasteiger charge is -2.12. The highest BCUT2D eigenvalue weighted by Gasteiger charge is 2.23. The smallest absolute Gasteiger partial charge is 0.166 e. The fourth-order valence-corrected chi connectivity index (χ4v) is 4.58. The summed E-state index contributed by atoms with van der Waals surface area (Å²) in [5.74, 6) is 1.15. The van der Waals surface area contributed by atoms with Crippen molar-refractivity contribution < 1.29 is 0 Å². The van der Waals surface area contributed by atoms with Crippen molar-refractivity contribution in [3.8, 4) is 0 Å². The molecule has 0 aromatic carbocycles. The van der Waals surface area contributed by atoms with Crippen molar-refractivity contribution in [3.63, 3.8) is 0 Å². The summed E-state index contributed by atoms with van der Waals surface area (Å²) in [4.78, 5) is 20.5. The molecule has 0 amide bonds. The van der Waals surface area contributed by atoms with Gasteiger partial charge in [-0.3, -0.25) is 15.4 Å². The van der Waals surface area contributed by atoms with E-state index in [2.05, 4.69) is 24.9 Å². The third-order valence-corrected chi connectivity index (χ3v) is 6.56. The number of amidine groups is 1. The minimum Gasteiger partial charge on any atom is -0.404 e. The Kier molecular flexibility index (Phi) is 8.06. The first kappa shape index (κ1) is 23.4. The molecule has 0 atom stereocenters. The summed E-state index contributed by atoms with van der Waals surface area (Å²) in [6.07, 6.45) is 12.0. The molecule has 1 aliphatic carbocycles. The lowest BCUT2D eigenvalue weighted by Crippen LogP contribution is -2.20. The van der Waals surface area contributed by atoms with Crippen LogP contribution in [0.25, 0.3) is 16.6 Å². The van der Waals surface area contributed by atoms with E-state index in [-0.39, 0.29) is 0 Å². The fourth-order valence-electron chi connectivity index (χ4n) is 3.87. The van der Waals surface area contributed by atoms with Crippen LogP contribution >= 0.6 is 11.8 Å². The third kappa shape index (κ3) is 7.10. The second-order valence-corrected chi connectivity index (χ2v) is 9.73. The Hall–Kier alpha value is -2.78. The summed E-state index contributed by atoms with van der Waals surface area (Å²) in [6, 6.07) is 5.60. The van der Waals surface area contributed by atoms with E-state index in [4.69, 9.17) is 16.9 Å². The van der Waals surface area contributed by atoms with Crippen LogP contribution in [0.15, 0.2) is 40.6 Å². The standard InChI is InChI=1S/C24H32N8S/c25-14-19(15-28-8-3-11-32-9-1-2-10-32)18-13-21-20(29-16-18)6-7-23(30-21)31-24(27)33-22(26)12-17-4-5-17/h6-7,13-17,26H,1-5,8-12,25H2,(H2,27,30,31). The maximum Gasteiger partial charge on any atom is 0.166 e. The van der Waals surface area contributed by atoms with Crippen LogP contribution in [0.4, 0.5) is 5.82 Å². The lowest BCUT2D eigenvalue weighted by atomic mass is 10.1. The predicted octanol–water partition coefficient (Wildman–Crippen LogP) is 3.94. The second kappa shape index (κ2) is 11.4. The third-order valence-electron chi connectivity index (χ3n) is 5.85. The fraction of sp³-hybridized carbons (Fsp3) is 0.458. The van der Waals surface area contributed by atoms with Gasteiger partial charge in [0, 0.05) is 36.3 Å². The molecule has 3 heterocycles. The molecule has 1 aliphatic heterocycles. The van der Waals surface area contributed by atoms with Crippen LogP contribution in [0, 0.1) is 11.3 Å². The van der Waals surface area contributed by atoms with E-state index in [0.717, 1.165) is 42.6 Å². The molecular formula is C24H32N8S. The number of thioether (sulfide) groups is 1. The average Bonchev–Trinajstić information content (AvgIpc) is 3.45. The van der Waals surface area contributed by atoms with Gasteiger partial charge in [0.15, 0.2) is 11.0 Å². The summed E-state index contributed by atoms with van der Waals surface area (Å²) >= 11 is 1.21. The minimum absolute atomic E-state index is 0.334. The normalized spacial score (nSPS) is 17.9. The molecule has 2 fully saturated rings. The van der Waals surface area contributed by atoms with Crippen LogP contribution < -0.4 is 11.5 Å². The van der Waals surface area contributed by atoms with Crippen molar-refractivity contribution in [2.45, 2.75) is 38.5 Å². The second-order valence-electron chi connectivity index (χ2n) is 8.61. The summed E-state index contributed by atoms with van der Waals surface area (Å²) in [5.41, 5.74) is 15.1. The Morgan fingerprint density at radius 1 is 1.24 bits per heavy atom. The van der Waals surface area contributed by atoms with E-state index in [1.165, 1.54) is 50.5 Å². The maximum absolute atomic E-state index is 8.05. The van der Waals surface area contributed by atoms with Crippen molar-refractivity contribution >= 4 is 50.6 Å². The first-order valence-corrected chi connectivity index (χ1v) is 12.4. The van der Waals surface area contributed by atoms with Gasteiger partial charge in [0.2, 0.25) is 0 Å². The molecule has 0 spiro atoms.